The van der Waals surface area contributed by atoms with Crippen LogP contribution < -0.4 is 4.74 Å². The van der Waals surface area contributed by atoms with Crippen molar-refractivity contribution in [2.24, 2.45) is 0 Å². The number of hydrogen-bond acceptors (Lipinski definition) is 3. The van der Waals surface area contributed by atoms with Gasteiger partial charge in [-0.1, -0.05) is 58.4 Å². The fraction of sp³-hybridized carbons (Fsp3) is 0.273. The Hall–Kier alpha value is -2.09. The van der Waals surface area contributed by atoms with Crippen molar-refractivity contribution in [3.05, 3.63) is 88.9 Å². The second-order valence-electron chi connectivity index (χ2n) is 6.53. The first-order valence-electron chi connectivity index (χ1n) is 8.91. The van der Waals surface area contributed by atoms with E-state index in [1.54, 1.807) is 0 Å². The zero-order valence-corrected chi connectivity index (χ0v) is 17.6. The van der Waals surface area contributed by atoms with Crippen molar-refractivity contribution in [1.82, 2.24) is 4.90 Å². The van der Waals surface area contributed by atoms with Gasteiger partial charge in [-0.05, 0) is 42.4 Å². The number of nitrogens with zero attached hydrogens (tertiary/aromatic N) is 1. The minimum atomic E-state index is -4.89. The zero-order chi connectivity index (χ0) is 21.5. The first-order valence-corrected chi connectivity index (χ1v) is 9.70. The molecule has 2 rings (SSSR count). The summed E-state index contributed by atoms with van der Waals surface area (Å²) in [6.07, 6.45) is 0.695. The fourth-order valence-electron chi connectivity index (χ4n) is 2.74. The summed E-state index contributed by atoms with van der Waals surface area (Å²) in [5, 5.41) is 10.6. The van der Waals surface area contributed by atoms with Crippen LogP contribution in [0.15, 0.2) is 77.8 Å². The maximum absolute atomic E-state index is 13.8. The summed E-state index contributed by atoms with van der Waals surface area (Å²) in [5.74, 6) is 0.415. The highest BCUT2D eigenvalue weighted by atomic mass is 79.9. The van der Waals surface area contributed by atoms with Crippen LogP contribution in [0.25, 0.3) is 0 Å². The molecular weight excluding hydrogens is 447 g/mol. The van der Waals surface area contributed by atoms with Crippen LogP contribution in [0.5, 0.6) is 5.75 Å². The molecule has 3 nitrogen and oxygen atoms in total. The summed E-state index contributed by atoms with van der Waals surface area (Å²) in [4.78, 5) is 2.05. The van der Waals surface area contributed by atoms with E-state index in [1.165, 1.54) is 48.5 Å². The average Bonchev–Trinajstić information content (AvgIpc) is 2.67. The van der Waals surface area contributed by atoms with Gasteiger partial charge in [0.25, 0.3) is 0 Å². The molecule has 2 aromatic rings. The Morgan fingerprint density at radius 3 is 2.07 bits per heavy atom. The monoisotopic (exact) mass is 469 g/mol. The van der Waals surface area contributed by atoms with Crippen LogP contribution in [0.3, 0.4) is 0 Å². The summed E-state index contributed by atoms with van der Waals surface area (Å²) in [7, 11) is 1.96. The number of hydrogen-bond donors (Lipinski definition) is 1. The first-order chi connectivity index (χ1) is 13.7. The Morgan fingerprint density at radius 1 is 1.00 bits per heavy atom. The lowest BCUT2D eigenvalue weighted by atomic mass is 9.85. The molecule has 0 aromatic heterocycles. The SMILES string of the molecule is C=CCN(C)C/C=C/COc1ccc(C(O)(c2ccc(Br)cc2)C(F)(F)F)cc1. The Kier molecular flexibility index (Phi) is 8.07. The standard InChI is InChI=1S/C22H23BrF3NO2/c1-3-14-27(2)15-4-5-16-29-20-12-8-18(9-13-20)21(28,22(24,25)26)17-6-10-19(23)11-7-17/h3-13,28H,1,14-16H2,2H3/b5-4+. The molecule has 7 heteroatoms. The van der Waals surface area contributed by atoms with Crippen molar-refractivity contribution in [3.63, 3.8) is 0 Å². The topological polar surface area (TPSA) is 32.7 Å². The van der Waals surface area contributed by atoms with Gasteiger partial charge in [0.1, 0.15) is 12.4 Å². The van der Waals surface area contributed by atoms with E-state index in [9.17, 15) is 18.3 Å². The van der Waals surface area contributed by atoms with Gasteiger partial charge in [-0.15, -0.1) is 6.58 Å². The summed E-state index contributed by atoms with van der Waals surface area (Å²) in [6, 6.07) is 10.7. The molecule has 1 N–H and O–H groups in total. The molecule has 0 heterocycles. The first kappa shape index (κ1) is 23.2. The second kappa shape index (κ2) is 10.1. The van der Waals surface area contributed by atoms with E-state index in [2.05, 4.69) is 27.4 Å². The third kappa shape index (κ3) is 5.95. The molecule has 2 aromatic carbocycles. The van der Waals surface area contributed by atoms with Crippen LogP contribution >= 0.6 is 15.9 Å². The molecule has 0 fully saturated rings. The Labute approximate surface area is 177 Å². The summed E-state index contributed by atoms with van der Waals surface area (Å²) in [6.45, 7) is 5.46. The third-order valence-corrected chi connectivity index (χ3v) is 4.84. The van der Waals surface area contributed by atoms with E-state index in [0.29, 0.717) is 10.2 Å². The molecule has 1 unspecified atom stereocenters. The summed E-state index contributed by atoms with van der Waals surface area (Å²) in [5.41, 5.74) is -3.64. The number of halogens is 4. The van der Waals surface area contributed by atoms with Gasteiger partial charge in [0, 0.05) is 17.6 Å². The molecule has 0 amide bonds. The zero-order valence-electron chi connectivity index (χ0n) is 16.0. The third-order valence-electron chi connectivity index (χ3n) is 4.32. The van der Waals surface area contributed by atoms with Crippen molar-refractivity contribution in [2.75, 3.05) is 26.7 Å². The number of ether oxygens (including phenoxy) is 1. The molecule has 156 valence electrons. The second-order valence-corrected chi connectivity index (χ2v) is 7.45. The summed E-state index contributed by atoms with van der Waals surface area (Å²) < 4.78 is 47.5. The molecular formula is C22H23BrF3NO2. The number of likely N-dealkylation sites (N-methyl/N-ethyl adjacent to an activating group) is 1. The molecule has 0 saturated carbocycles. The maximum atomic E-state index is 13.8. The van der Waals surface area contributed by atoms with E-state index in [4.69, 9.17) is 4.74 Å². The van der Waals surface area contributed by atoms with E-state index in [-0.39, 0.29) is 17.7 Å². The minimum absolute atomic E-state index is 0.256. The van der Waals surface area contributed by atoms with Crippen molar-refractivity contribution in [1.29, 1.82) is 0 Å². The number of rotatable bonds is 9. The van der Waals surface area contributed by atoms with E-state index < -0.39 is 11.8 Å². The average molecular weight is 470 g/mol. The Balaban J connectivity index is 2.11. The van der Waals surface area contributed by atoms with Crippen molar-refractivity contribution >= 4 is 15.9 Å². The normalized spacial score (nSPS) is 14.2. The van der Waals surface area contributed by atoms with Gasteiger partial charge in [-0.3, -0.25) is 4.90 Å². The lowest BCUT2D eigenvalue weighted by Crippen LogP contribution is -2.43. The minimum Gasteiger partial charge on any atom is -0.490 e. The molecule has 29 heavy (non-hydrogen) atoms. The molecule has 0 aliphatic carbocycles. The molecule has 0 aliphatic rings. The van der Waals surface area contributed by atoms with Crippen LogP contribution in [0.4, 0.5) is 13.2 Å². The Morgan fingerprint density at radius 2 is 1.55 bits per heavy atom. The largest absolute Gasteiger partial charge is 0.490 e. The molecule has 0 spiro atoms. The number of benzene rings is 2. The van der Waals surface area contributed by atoms with Gasteiger partial charge in [0.15, 0.2) is 0 Å². The maximum Gasteiger partial charge on any atom is 0.425 e. The number of aliphatic hydroxyl groups is 1. The quantitative estimate of drug-likeness (QED) is 0.505. The smallest absolute Gasteiger partial charge is 0.425 e. The van der Waals surface area contributed by atoms with Crippen LogP contribution in [0.2, 0.25) is 0 Å². The molecule has 0 saturated heterocycles. The predicted octanol–water partition coefficient (Wildman–Crippen LogP) is 5.30. The van der Waals surface area contributed by atoms with Gasteiger partial charge < -0.3 is 9.84 Å². The molecule has 0 radical (unpaired) electrons. The van der Waals surface area contributed by atoms with Gasteiger partial charge in [0.05, 0.1) is 0 Å². The van der Waals surface area contributed by atoms with Crippen molar-refractivity contribution in [2.45, 2.75) is 11.8 Å². The van der Waals surface area contributed by atoms with E-state index in [0.717, 1.165) is 13.1 Å². The van der Waals surface area contributed by atoms with Gasteiger partial charge >= 0.3 is 6.18 Å². The van der Waals surface area contributed by atoms with Crippen LogP contribution in [0, 0.1) is 0 Å². The predicted molar refractivity (Wildman–Crippen MR) is 112 cm³/mol. The highest BCUT2D eigenvalue weighted by Crippen LogP contribution is 2.44. The van der Waals surface area contributed by atoms with E-state index in [1.807, 2.05) is 25.3 Å². The lowest BCUT2D eigenvalue weighted by Gasteiger charge is -2.31. The molecule has 0 bridgehead atoms. The van der Waals surface area contributed by atoms with Crippen LogP contribution in [0.1, 0.15) is 11.1 Å². The lowest BCUT2D eigenvalue weighted by molar-refractivity contribution is -0.248. The van der Waals surface area contributed by atoms with Gasteiger partial charge in [0.2, 0.25) is 5.60 Å². The summed E-state index contributed by atoms with van der Waals surface area (Å²) >= 11 is 3.19. The van der Waals surface area contributed by atoms with Crippen molar-refractivity contribution < 1.29 is 23.0 Å². The van der Waals surface area contributed by atoms with Crippen molar-refractivity contribution in [3.8, 4) is 5.75 Å². The highest BCUT2D eigenvalue weighted by Gasteiger charge is 2.56. The number of alkyl halides is 3. The van der Waals surface area contributed by atoms with Gasteiger partial charge in [-0.25, -0.2) is 0 Å². The van der Waals surface area contributed by atoms with Gasteiger partial charge in [-0.2, -0.15) is 13.2 Å². The van der Waals surface area contributed by atoms with Crippen LogP contribution in [-0.2, 0) is 5.60 Å². The molecule has 0 aliphatic heterocycles. The van der Waals surface area contributed by atoms with E-state index >= 15 is 0 Å². The highest BCUT2D eigenvalue weighted by molar-refractivity contribution is 9.10. The Bertz CT molecular complexity index is 819. The molecule has 1 atom stereocenters. The van der Waals surface area contributed by atoms with Crippen LogP contribution in [-0.4, -0.2) is 42.9 Å². The fourth-order valence-corrected chi connectivity index (χ4v) is 3.00.